The summed E-state index contributed by atoms with van der Waals surface area (Å²) in [6, 6.07) is 3.78. The zero-order valence-corrected chi connectivity index (χ0v) is 8.98. The zero-order chi connectivity index (χ0) is 9.73. The summed E-state index contributed by atoms with van der Waals surface area (Å²) in [5, 5.41) is 0. The Hall–Kier alpha value is -0.0200. The molecule has 0 radical (unpaired) electrons. The number of halogens is 3. The molecule has 0 spiro atoms. The lowest BCUT2D eigenvalue weighted by Crippen LogP contribution is -2.11. The van der Waals surface area contributed by atoms with Gasteiger partial charge >= 0.3 is 0 Å². The van der Waals surface area contributed by atoms with Crippen molar-refractivity contribution < 1.29 is 4.74 Å². The fourth-order valence-electron chi connectivity index (χ4n) is 0.834. The van der Waals surface area contributed by atoms with Gasteiger partial charge in [0.25, 0.3) is 3.98 Å². The first-order valence-corrected chi connectivity index (χ1v) is 4.81. The molecule has 0 saturated heterocycles. The summed E-state index contributed by atoms with van der Waals surface area (Å²) < 4.78 is 3.29. The van der Waals surface area contributed by atoms with E-state index in [2.05, 4.69) is 4.98 Å². The van der Waals surface area contributed by atoms with Crippen molar-refractivity contribution in [2.75, 3.05) is 6.61 Å². The summed E-state index contributed by atoms with van der Waals surface area (Å²) in [5.41, 5.74) is 1.10. The van der Waals surface area contributed by atoms with Gasteiger partial charge in [0.2, 0.25) is 0 Å². The minimum Gasteiger partial charge on any atom is -0.334 e. The molecule has 13 heavy (non-hydrogen) atoms. The summed E-state index contributed by atoms with van der Waals surface area (Å²) in [5.74, 6) is 0. The predicted octanol–water partition coefficient (Wildman–Crippen LogP) is 2.97. The SMILES string of the molecule is ClC(Cl)(Cl)OCCc1ccncc1. The van der Waals surface area contributed by atoms with Crippen LogP contribution in [0.5, 0.6) is 0 Å². The van der Waals surface area contributed by atoms with Gasteiger partial charge < -0.3 is 4.74 Å². The highest BCUT2D eigenvalue weighted by atomic mass is 35.6. The van der Waals surface area contributed by atoms with Crippen molar-refractivity contribution in [2.24, 2.45) is 0 Å². The lowest BCUT2D eigenvalue weighted by Gasteiger charge is -2.11. The molecule has 1 aromatic rings. The molecule has 5 heteroatoms. The van der Waals surface area contributed by atoms with E-state index in [1.165, 1.54) is 0 Å². The van der Waals surface area contributed by atoms with E-state index in [0.717, 1.165) is 5.56 Å². The molecule has 1 aromatic heterocycles. The van der Waals surface area contributed by atoms with E-state index >= 15 is 0 Å². The van der Waals surface area contributed by atoms with Gasteiger partial charge in [0.15, 0.2) is 0 Å². The van der Waals surface area contributed by atoms with Crippen molar-refractivity contribution in [1.82, 2.24) is 4.98 Å². The number of alkyl halides is 3. The first kappa shape index (κ1) is 11.1. The summed E-state index contributed by atoms with van der Waals surface area (Å²) in [7, 11) is 0. The van der Waals surface area contributed by atoms with Gasteiger partial charge in [-0.05, 0) is 24.1 Å². The average Bonchev–Trinajstić information content (AvgIpc) is 2.04. The van der Waals surface area contributed by atoms with Crippen LogP contribution >= 0.6 is 34.8 Å². The van der Waals surface area contributed by atoms with Crippen LogP contribution in [0.15, 0.2) is 24.5 Å². The van der Waals surface area contributed by atoms with Gasteiger partial charge in [0, 0.05) is 12.4 Å². The number of aromatic nitrogens is 1. The number of hydrogen-bond donors (Lipinski definition) is 0. The largest absolute Gasteiger partial charge is 0.334 e. The maximum atomic E-state index is 5.40. The Labute approximate surface area is 91.8 Å². The summed E-state index contributed by atoms with van der Waals surface area (Å²) in [6.45, 7) is 0.376. The molecular formula is C8H8Cl3NO. The van der Waals surface area contributed by atoms with Crippen molar-refractivity contribution in [2.45, 2.75) is 10.4 Å². The molecule has 0 aliphatic rings. The third-order valence-corrected chi connectivity index (χ3v) is 1.73. The van der Waals surface area contributed by atoms with E-state index in [0.29, 0.717) is 13.0 Å². The van der Waals surface area contributed by atoms with E-state index in [1.54, 1.807) is 12.4 Å². The molecule has 1 heterocycles. The first-order valence-electron chi connectivity index (χ1n) is 3.67. The van der Waals surface area contributed by atoms with E-state index in [9.17, 15) is 0 Å². The second-order valence-electron chi connectivity index (χ2n) is 2.40. The minimum absolute atomic E-state index is 0.376. The highest BCUT2D eigenvalue weighted by Gasteiger charge is 2.19. The van der Waals surface area contributed by atoms with Crippen LogP contribution in [0.25, 0.3) is 0 Å². The van der Waals surface area contributed by atoms with E-state index in [-0.39, 0.29) is 0 Å². The minimum atomic E-state index is -1.62. The van der Waals surface area contributed by atoms with E-state index in [1.807, 2.05) is 12.1 Å². The quantitative estimate of drug-likeness (QED) is 0.758. The van der Waals surface area contributed by atoms with E-state index < -0.39 is 3.98 Å². The molecular weight excluding hydrogens is 232 g/mol. The number of rotatable bonds is 3. The Bertz CT molecular complexity index is 247. The normalized spacial score (nSPS) is 11.6. The summed E-state index contributed by atoms with van der Waals surface area (Å²) in [6.07, 6.45) is 4.13. The molecule has 0 bridgehead atoms. The number of hydrogen-bond acceptors (Lipinski definition) is 2. The van der Waals surface area contributed by atoms with Crippen molar-refractivity contribution >= 4 is 34.8 Å². The smallest absolute Gasteiger partial charge is 0.297 e. The zero-order valence-electron chi connectivity index (χ0n) is 6.71. The van der Waals surface area contributed by atoms with Gasteiger partial charge in [-0.15, -0.1) is 0 Å². The van der Waals surface area contributed by atoms with Gasteiger partial charge in [0.05, 0.1) is 6.61 Å². The van der Waals surface area contributed by atoms with Crippen LogP contribution in [0.1, 0.15) is 5.56 Å². The maximum Gasteiger partial charge on any atom is 0.297 e. The molecule has 0 aliphatic carbocycles. The van der Waals surface area contributed by atoms with Crippen LogP contribution in [0.2, 0.25) is 0 Å². The molecule has 0 N–H and O–H groups in total. The molecule has 0 aromatic carbocycles. The van der Waals surface area contributed by atoms with Gasteiger partial charge in [-0.25, -0.2) is 0 Å². The monoisotopic (exact) mass is 239 g/mol. The second kappa shape index (κ2) is 5.01. The lowest BCUT2D eigenvalue weighted by atomic mass is 10.2. The topological polar surface area (TPSA) is 22.1 Å². The average molecular weight is 241 g/mol. The maximum absolute atomic E-state index is 5.40. The molecule has 72 valence electrons. The summed E-state index contributed by atoms with van der Waals surface area (Å²) in [4.78, 5) is 3.88. The van der Waals surface area contributed by atoms with Gasteiger partial charge in [0.1, 0.15) is 0 Å². The molecule has 2 nitrogen and oxygen atoms in total. The molecule has 1 rings (SSSR count). The van der Waals surface area contributed by atoms with Crippen molar-refractivity contribution in [3.05, 3.63) is 30.1 Å². The molecule has 0 atom stereocenters. The molecule has 0 unspecified atom stereocenters. The van der Waals surface area contributed by atoms with Crippen molar-refractivity contribution in [3.63, 3.8) is 0 Å². The third-order valence-electron chi connectivity index (χ3n) is 1.41. The second-order valence-corrected chi connectivity index (χ2v) is 4.58. The van der Waals surface area contributed by atoms with Crippen LogP contribution in [0.4, 0.5) is 0 Å². The van der Waals surface area contributed by atoms with Crippen LogP contribution in [0, 0.1) is 0 Å². The van der Waals surface area contributed by atoms with Gasteiger partial charge in [-0.3, -0.25) is 4.98 Å². The van der Waals surface area contributed by atoms with Crippen LogP contribution in [-0.2, 0) is 11.2 Å². The molecule has 0 amide bonds. The first-order chi connectivity index (χ1) is 6.08. The Balaban J connectivity index is 2.29. The Morgan fingerprint density at radius 1 is 1.23 bits per heavy atom. The fraction of sp³-hybridized carbons (Fsp3) is 0.375. The fourth-order valence-corrected chi connectivity index (χ4v) is 1.07. The highest BCUT2D eigenvalue weighted by Crippen LogP contribution is 2.27. The summed E-state index contributed by atoms with van der Waals surface area (Å²) >= 11 is 16.2. The van der Waals surface area contributed by atoms with Gasteiger partial charge in [-0.1, -0.05) is 34.8 Å². The Kier molecular flexibility index (Phi) is 4.26. The van der Waals surface area contributed by atoms with Gasteiger partial charge in [-0.2, -0.15) is 0 Å². The Morgan fingerprint density at radius 3 is 2.38 bits per heavy atom. The van der Waals surface area contributed by atoms with Crippen molar-refractivity contribution in [3.8, 4) is 0 Å². The number of pyridine rings is 1. The van der Waals surface area contributed by atoms with Crippen LogP contribution < -0.4 is 0 Å². The van der Waals surface area contributed by atoms with E-state index in [4.69, 9.17) is 39.5 Å². The Morgan fingerprint density at radius 2 is 1.85 bits per heavy atom. The lowest BCUT2D eigenvalue weighted by molar-refractivity contribution is 0.133. The highest BCUT2D eigenvalue weighted by molar-refractivity contribution is 6.66. The van der Waals surface area contributed by atoms with Crippen LogP contribution in [0.3, 0.4) is 0 Å². The third kappa shape index (κ3) is 5.32. The van der Waals surface area contributed by atoms with Crippen molar-refractivity contribution in [1.29, 1.82) is 0 Å². The predicted molar refractivity (Wildman–Crippen MR) is 54.2 cm³/mol. The number of ether oxygens (including phenoxy) is 1. The molecule has 0 aliphatic heterocycles. The standard InChI is InChI=1S/C8H8Cl3NO/c9-8(10,11)13-6-3-7-1-4-12-5-2-7/h1-2,4-5H,3,6H2. The number of nitrogens with zero attached hydrogens (tertiary/aromatic N) is 1. The molecule has 0 saturated carbocycles. The van der Waals surface area contributed by atoms with Crippen LogP contribution in [-0.4, -0.2) is 15.6 Å². The molecule has 0 fully saturated rings.